The fraction of sp³-hybridized carbons (Fsp3) is 0.306. The van der Waals surface area contributed by atoms with Crippen LogP contribution in [0.25, 0.3) is 22.3 Å². The number of esters is 1. The third kappa shape index (κ3) is 3.42. The van der Waals surface area contributed by atoms with E-state index in [0.29, 0.717) is 19.6 Å². The van der Waals surface area contributed by atoms with E-state index in [1.165, 1.54) is 51.6 Å². The van der Waals surface area contributed by atoms with Gasteiger partial charge in [0, 0.05) is 16.2 Å². The second-order valence-corrected chi connectivity index (χ2v) is 11.8. The highest BCUT2D eigenvalue weighted by molar-refractivity contribution is 5.85. The molecule has 1 heterocycles. The third-order valence-corrected chi connectivity index (χ3v) is 9.80. The van der Waals surface area contributed by atoms with E-state index >= 15 is 0 Å². The Kier molecular flexibility index (Phi) is 5.57. The van der Waals surface area contributed by atoms with Gasteiger partial charge in [-0.1, -0.05) is 104 Å². The Bertz CT molecular complexity index is 1490. The van der Waals surface area contributed by atoms with Gasteiger partial charge in [0.1, 0.15) is 0 Å². The minimum Gasteiger partial charge on any atom is -0.469 e. The fourth-order valence-corrected chi connectivity index (χ4v) is 8.23. The van der Waals surface area contributed by atoms with Crippen LogP contribution in [0.3, 0.4) is 0 Å². The molecule has 0 bridgehead atoms. The lowest BCUT2D eigenvalue weighted by Crippen LogP contribution is -2.52. The number of hydrogen-bond donors (Lipinski definition) is 0. The number of fused-ring (bicyclic) bond motifs is 6. The van der Waals surface area contributed by atoms with Gasteiger partial charge in [-0.05, 0) is 63.8 Å². The number of carbonyl (C=O) groups excluding carboxylic acids is 1. The molecule has 0 unspecified atom stereocenters. The van der Waals surface area contributed by atoms with Crippen LogP contribution in [0.4, 0.5) is 0 Å². The summed E-state index contributed by atoms with van der Waals surface area (Å²) in [6.07, 6.45) is 3.17. The van der Waals surface area contributed by atoms with Crippen molar-refractivity contribution in [3.8, 4) is 22.3 Å². The van der Waals surface area contributed by atoms with E-state index in [1.807, 2.05) is 0 Å². The predicted molar refractivity (Wildman–Crippen MR) is 155 cm³/mol. The van der Waals surface area contributed by atoms with Crippen molar-refractivity contribution in [2.24, 2.45) is 5.41 Å². The summed E-state index contributed by atoms with van der Waals surface area (Å²) in [4.78, 5) is 13.1. The molecule has 0 aromatic heterocycles. The van der Waals surface area contributed by atoms with Crippen molar-refractivity contribution in [2.45, 2.75) is 43.4 Å². The van der Waals surface area contributed by atoms with E-state index in [2.05, 4.69) is 104 Å². The van der Waals surface area contributed by atoms with E-state index < -0.39 is 5.41 Å². The van der Waals surface area contributed by atoms with Crippen LogP contribution in [0.5, 0.6) is 0 Å². The Labute approximate surface area is 230 Å². The number of carbonyl (C=O) groups is 1. The predicted octanol–water partition coefficient (Wildman–Crippen LogP) is 7.69. The van der Waals surface area contributed by atoms with Crippen molar-refractivity contribution in [3.05, 3.63) is 119 Å². The van der Waals surface area contributed by atoms with Crippen molar-refractivity contribution in [1.29, 1.82) is 0 Å². The van der Waals surface area contributed by atoms with Crippen molar-refractivity contribution >= 4 is 5.97 Å². The summed E-state index contributed by atoms with van der Waals surface area (Å²) in [5, 5.41) is 0. The summed E-state index contributed by atoms with van der Waals surface area (Å²) < 4.78 is 11.4. The van der Waals surface area contributed by atoms with Gasteiger partial charge in [0.2, 0.25) is 0 Å². The Morgan fingerprint density at radius 1 is 0.667 bits per heavy atom. The molecule has 4 aromatic rings. The van der Waals surface area contributed by atoms with Crippen LogP contribution in [0.2, 0.25) is 0 Å². The lowest BCUT2D eigenvalue weighted by molar-refractivity contribution is -0.148. The quantitative estimate of drug-likeness (QED) is 0.237. The number of methoxy groups -OCH3 is 1. The van der Waals surface area contributed by atoms with Crippen molar-refractivity contribution in [2.75, 3.05) is 20.3 Å². The molecule has 3 nitrogen and oxygen atoms in total. The van der Waals surface area contributed by atoms with E-state index in [9.17, 15) is 4.79 Å². The van der Waals surface area contributed by atoms with Gasteiger partial charge in [-0.15, -0.1) is 0 Å². The molecule has 1 aliphatic heterocycles. The van der Waals surface area contributed by atoms with Gasteiger partial charge < -0.3 is 9.47 Å². The molecule has 0 spiro atoms. The van der Waals surface area contributed by atoms with Crippen molar-refractivity contribution in [1.82, 2.24) is 0 Å². The molecule has 196 valence electrons. The van der Waals surface area contributed by atoms with E-state index in [-0.39, 0.29) is 16.8 Å². The summed E-state index contributed by atoms with van der Waals surface area (Å²) in [6.45, 7) is 3.73. The van der Waals surface area contributed by atoms with Gasteiger partial charge in [0.15, 0.2) is 0 Å². The highest BCUT2D eigenvalue weighted by Crippen LogP contribution is 2.62. The van der Waals surface area contributed by atoms with Crippen LogP contribution in [0.15, 0.2) is 97.1 Å². The smallest absolute Gasteiger partial charge is 0.306 e. The van der Waals surface area contributed by atoms with Gasteiger partial charge in [-0.2, -0.15) is 0 Å². The molecular formula is C36H34O3. The summed E-state index contributed by atoms with van der Waals surface area (Å²) in [5.41, 5.74) is 9.85. The summed E-state index contributed by atoms with van der Waals surface area (Å²) in [7, 11) is 1.50. The molecule has 4 aromatic carbocycles. The van der Waals surface area contributed by atoms with Crippen LogP contribution in [0, 0.1) is 5.41 Å². The van der Waals surface area contributed by atoms with Crippen molar-refractivity contribution < 1.29 is 14.3 Å². The first kappa shape index (κ1) is 24.4. The molecular weight excluding hydrogens is 480 g/mol. The molecule has 2 aliphatic carbocycles. The summed E-state index contributed by atoms with van der Waals surface area (Å²) in [6, 6.07) is 35.2. The van der Waals surface area contributed by atoms with Gasteiger partial charge in [-0.3, -0.25) is 4.79 Å². The molecule has 0 atom stereocenters. The maximum atomic E-state index is 13.1. The standard InChI is InChI=1S/C36H34O3/c1-3-35(29-16-8-4-12-25(29)26-13-5-9-17-30(26)35)21-34(23-39-24-34)22-36(20-33(37)38-2)31-18-10-6-14-27(31)28-15-7-11-19-32(28)36/h4-19H,3,20-24H2,1-2H3. The zero-order chi connectivity index (χ0) is 26.7. The largest absolute Gasteiger partial charge is 0.469 e. The van der Waals surface area contributed by atoms with Crippen LogP contribution < -0.4 is 0 Å². The maximum Gasteiger partial charge on any atom is 0.306 e. The van der Waals surface area contributed by atoms with Crippen LogP contribution in [-0.2, 0) is 25.1 Å². The number of ether oxygens (including phenoxy) is 2. The lowest BCUT2D eigenvalue weighted by Gasteiger charge is -2.51. The van der Waals surface area contributed by atoms with E-state index in [4.69, 9.17) is 9.47 Å². The first-order chi connectivity index (χ1) is 19.1. The molecule has 3 aliphatic rings. The zero-order valence-electron chi connectivity index (χ0n) is 22.7. The average molecular weight is 515 g/mol. The van der Waals surface area contributed by atoms with Crippen LogP contribution >= 0.6 is 0 Å². The van der Waals surface area contributed by atoms with Gasteiger partial charge >= 0.3 is 5.97 Å². The Hall–Kier alpha value is -3.69. The second kappa shape index (κ2) is 8.93. The molecule has 3 heteroatoms. The monoisotopic (exact) mass is 514 g/mol. The van der Waals surface area contributed by atoms with Crippen LogP contribution in [-0.4, -0.2) is 26.3 Å². The summed E-state index contributed by atoms with van der Waals surface area (Å²) >= 11 is 0. The number of benzene rings is 4. The molecule has 39 heavy (non-hydrogen) atoms. The molecule has 7 rings (SSSR count). The molecule has 1 fully saturated rings. The first-order valence-electron chi connectivity index (χ1n) is 14.1. The lowest BCUT2D eigenvalue weighted by atomic mass is 9.57. The molecule has 1 saturated heterocycles. The number of hydrogen-bond acceptors (Lipinski definition) is 3. The van der Waals surface area contributed by atoms with Crippen molar-refractivity contribution in [3.63, 3.8) is 0 Å². The molecule has 0 radical (unpaired) electrons. The summed E-state index contributed by atoms with van der Waals surface area (Å²) in [5.74, 6) is -0.168. The van der Waals surface area contributed by atoms with E-state index in [0.717, 1.165) is 19.3 Å². The van der Waals surface area contributed by atoms with Gasteiger partial charge in [0.25, 0.3) is 0 Å². The third-order valence-electron chi connectivity index (χ3n) is 9.80. The van der Waals surface area contributed by atoms with Gasteiger partial charge in [0.05, 0.1) is 26.7 Å². The van der Waals surface area contributed by atoms with Gasteiger partial charge in [-0.25, -0.2) is 0 Å². The molecule has 0 N–H and O–H groups in total. The normalized spacial score (nSPS) is 18.3. The maximum absolute atomic E-state index is 13.1. The Balaban J connectivity index is 1.39. The number of rotatable bonds is 7. The van der Waals surface area contributed by atoms with E-state index in [1.54, 1.807) is 0 Å². The molecule has 0 amide bonds. The minimum atomic E-state index is -0.462. The first-order valence-corrected chi connectivity index (χ1v) is 14.1. The van der Waals surface area contributed by atoms with Crippen LogP contribution in [0.1, 0.15) is 54.9 Å². The minimum absolute atomic E-state index is 0.0842. The Morgan fingerprint density at radius 2 is 1.05 bits per heavy atom. The molecule has 0 saturated carbocycles. The second-order valence-electron chi connectivity index (χ2n) is 11.8. The fourth-order valence-electron chi connectivity index (χ4n) is 8.23. The SMILES string of the molecule is CCC1(CC2(CC3(CC(=O)OC)c4ccccc4-c4ccccc43)COC2)c2ccccc2-c2ccccc21. The zero-order valence-corrected chi connectivity index (χ0v) is 22.7. The topological polar surface area (TPSA) is 35.5 Å². The Morgan fingerprint density at radius 3 is 1.41 bits per heavy atom. The highest BCUT2D eigenvalue weighted by atomic mass is 16.5. The average Bonchev–Trinajstić information content (AvgIpc) is 3.40. The highest BCUT2D eigenvalue weighted by Gasteiger charge is 2.56.